The van der Waals surface area contributed by atoms with E-state index in [4.69, 9.17) is 23.2 Å². The average Bonchev–Trinajstić information content (AvgIpc) is 2.47. The third-order valence-corrected chi connectivity index (χ3v) is 3.39. The van der Waals surface area contributed by atoms with Crippen molar-refractivity contribution in [1.29, 1.82) is 0 Å². The van der Waals surface area contributed by atoms with Crippen molar-refractivity contribution < 1.29 is 57.8 Å². The summed E-state index contributed by atoms with van der Waals surface area (Å²) in [5, 5.41) is 0.0462. The molecule has 1 unspecified atom stereocenters. The monoisotopic (exact) mass is 473 g/mol. The second kappa shape index (κ2) is 7.37. The first-order valence-electron chi connectivity index (χ1n) is 6.31. The lowest BCUT2D eigenvalue weighted by molar-refractivity contribution is -0.472. The highest BCUT2D eigenvalue weighted by molar-refractivity contribution is 6.35. The number of anilines is 1. The fourth-order valence-electron chi connectivity index (χ4n) is 1.43. The predicted molar refractivity (Wildman–Crippen MR) is 72.0 cm³/mol. The van der Waals surface area contributed by atoms with Gasteiger partial charge in [-0.2, -0.15) is 48.3 Å². The van der Waals surface area contributed by atoms with Gasteiger partial charge in [0.05, 0.1) is 10.7 Å². The molecule has 0 heterocycles. The minimum atomic E-state index is -7.28. The molecule has 1 amide bonds. The summed E-state index contributed by atoms with van der Waals surface area (Å²) < 4.78 is 142. The molecule has 1 N–H and O–H groups in total. The van der Waals surface area contributed by atoms with Crippen molar-refractivity contribution in [2.24, 2.45) is 0 Å². The number of hydrogen-bond acceptors (Lipinski definition) is 2. The molecule has 0 aliphatic heterocycles. The minimum absolute atomic E-state index is 0.314. The first-order valence-corrected chi connectivity index (χ1v) is 7.06. The quantitative estimate of drug-likeness (QED) is 0.535. The minimum Gasteiger partial charge on any atom is -0.319 e. The van der Waals surface area contributed by atoms with E-state index in [-0.39, 0.29) is 5.02 Å². The van der Waals surface area contributed by atoms with E-state index in [9.17, 15) is 53.1 Å². The van der Waals surface area contributed by atoms with Crippen LogP contribution in [-0.2, 0) is 9.53 Å². The van der Waals surface area contributed by atoms with Crippen LogP contribution >= 0.6 is 23.2 Å². The van der Waals surface area contributed by atoms with Gasteiger partial charge in [0.2, 0.25) is 0 Å². The first-order chi connectivity index (χ1) is 12.3. The Kier molecular flexibility index (Phi) is 6.45. The third-order valence-electron chi connectivity index (χ3n) is 2.82. The fourth-order valence-corrected chi connectivity index (χ4v) is 1.77. The number of halogens is 13. The molecule has 1 aromatic carbocycles. The summed E-state index contributed by atoms with van der Waals surface area (Å²) in [7, 11) is 0. The van der Waals surface area contributed by atoms with Crippen LogP contribution in [0.1, 0.15) is 0 Å². The van der Waals surface area contributed by atoms with Crippen molar-refractivity contribution in [3.8, 4) is 0 Å². The molecular weight excluding hydrogens is 470 g/mol. The van der Waals surface area contributed by atoms with E-state index in [1.54, 1.807) is 0 Å². The molecule has 0 saturated heterocycles. The van der Waals surface area contributed by atoms with Crippen LogP contribution in [0.4, 0.5) is 54.0 Å². The van der Waals surface area contributed by atoms with Crippen LogP contribution in [-0.4, -0.2) is 36.1 Å². The summed E-state index contributed by atoms with van der Waals surface area (Å²) in [5.41, 5.74) is -0.917. The second-order valence-corrected chi connectivity index (χ2v) is 5.71. The number of amides is 1. The number of hydrogen-bond donors (Lipinski definition) is 1. The molecule has 0 aliphatic carbocycles. The topological polar surface area (TPSA) is 38.3 Å². The van der Waals surface area contributed by atoms with Gasteiger partial charge in [-0.05, 0) is 18.2 Å². The van der Waals surface area contributed by atoms with Crippen LogP contribution in [0.2, 0.25) is 10.0 Å². The van der Waals surface area contributed by atoms with E-state index in [0.29, 0.717) is 6.07 Å². The summed E-state index contributed by atoms with van der Waals surface area (Å²) in [6.45, 7) is 0. The Morgan fingerprint density at radius 3 is 1.79 bits per heavy atom. The van der Waals surface area contributed by atoms with E-state index >= 15 is 0 Å². The van der Waals surface area contributed by atoms with Crippen molar-refractivity contribution in [2.45, 2.75) is 30.2 Å². The van der Waals surface area contributed by atoms with Gasteiger partial charge in [0, 0.05) is 5.02 Å². The summed E-state index contributed by atoms with van der Waals surface area (Å²) in [5.74, 6) is -16.8. The summed E-state index contributed by atoms with van der Waals surface area (Å²) >= 11 is 10.9. The predicted octanol–water partition coefficient (Wildman–Crippen LogP) is 5.97. The maximum atomic E-state index is 14.0. The third kappa shape index (κ3) is 4.54. The first kappa shape index (κ1) is 24.5. The zero-order chi connectivity index (χ0) is 22.3. The molecule has 1 aromatic rings. The number of rotatable bonds is 5. The highest BCUT2D eigenvalue weighted by Crippen LogP contribution is 2.51. The van der Waals surface area contributed by atoms with Crippen LogP contribution in [0.3, 0.4) is 0 Å². The van der Waals surface area contributed by atoms with E-state index in [1.165, 1.54) is 0 Å². The van der Waals surface area contributed by atoms with Gasteiger partial charge in [-0.1, -0.05) is 23.2 Å². The van der Waals surface area contributed by atoms with E-state index in [2.05, 4.69) is 4.74 Å². The molecule has 0 aliphatic rings. The summed E-state index contributed by atoms with van der Waals surface area (Å²) in [6.07, 6.45) is -21.1. The van der Waals surface area contributed by atoms with Crippen LogP contribution in [0.25, 0.3) is 0 Å². The van der Waals surface area contributed by atoms with Crippen molar-refractivity contribution >= 4 is 34.8 Å². The van der Waals surface area contributed by atoms with Gasteiger partial charge in [0.15, 0.2) is 0 Å². The van der Waals surface area contributed by atoms with Crippen molar-refractivity contribution in [3.05, 3.63) is 28.2 Å². The Bertz CT molecular complexity index is 750. The van der Waals surface area contributed by atoms with Gasteiger partial charge >= 0.3 is 30.2 Å². The number of ether oxygens (including phenoxy) is 1. The van der Waals surface area contributed by atoms with Gasteiger partial charge < -0.3 is 5.32 Å². The number of alkyl halides is 11. The van der Waals surface area contributed by atoms with E-state index < -0.39 is 46.9 Å². The van der Waals surface area contributed by atoms with Gasteiger partial charge in [0.25, 0.3) is 5.91 Å². The Balaban J connectivity index is 3.36. The van der Waals surface area contributed by atoms with Gasteiger partial charge in [-0.25, -0.2) is 0 Å². The lowest BCUT2D eigenvalue weighted by Gasteiger charge is -2.34. The van der Waals surface area contributed by atoms with Crippen molar-refractivity contribution in [2.75, 3.05) is 5.32 Å². The van der Waals surface area contributed by atoms with Crippen LogP contribution in [0.15, 0.2) is 18.2 Å². The summed E-state index contributed by atoms with van der Waals surface area (Å²) in [6, 6.07) is 2.47. The van der Waals surface area contributed by atoms with Crippen molar-refractivity contribution in [3.63, 3.8) is 0 Å². The normalized spacial score (nSPS) is 15.9. The largest absolute Gasteiger partial charge is 0.462 e. The zero-order valence-electron chi connectivity index (χ0n) is 12.5. The lowest BCUT2D eigenvalue weighted by atomic mass is 10.2. The smallest absolute Gasteiger partial charge is 0.319 e. The fraction of sp³-hybridized carbons (Fsp3) is 0.417. The molecule has 0 saturated carbocycles. The number of benzene rings is 1. The highest BCUT2D eigenvalue weighted by atomic mass is 35.5. The maximum Gasteiger partial charge on any atom is 0.462 e. The molecule has 0 fully saturated rings. The maximum absolute atomic E-state index is 14.0. The highest BCUT2D eigenvalue weighted by Gasteiger charge is 2.79. The molecular formula is C12H4Cl2F11NO2. The van der Waals surface area contributed by atoms with Crippen molar-refractivity contribution in [1.82, 2.24) is 0 Å². The van der Waals surface area contributed by atoms with Gasteiger partial charge in [0.1, 0.15) is 0 Å². The standard InChI is InChI=1S/C12H4Cl2F11NO2/c13-4-1-2-5(14)6(3-4)26-7(27)8(15,10(18,19)20)28-12(24,25)9(16,17)11(21,22)23/h1-3H,(H,26,27). The second-order valence-electron chi connectivity index (χ2n) is 4.86. The Morgan fingerprint density at radius 2 is 1.36 bits per heavy atom. The van der Waals surface area contributed by atoms with Crippen LogP contribution in [0.5, 0.6) is 0 Å². The molecule has 160 valence electrons. The van der Waals surface area contributed by atoms with Crippen LogP contribution < -0.4 is 5.32 Å². The molecule has 0 bridgehead atoms. The lowest BCUT2D eigenvalue weighted by Crippen LogP contribution is -2.62. The van der Waals surface area contributed by atoms with Gasteiger partial charge in [-0.15, -0.1) is 0 Å². The molecule has 0 aromatic heterocycles. The average molecular weight is 474 g/mol. The van der Waals surface area contributed by atoms with E-state index in [0.717, 1.165) is 17.4 Å². The molecule has 0 spiro atoms. The summed E-state index contributed by atoms with van der Waals surface area (Å²) in [4.78, 5) is 11.5. The molecule has 1 atom stereocenters. The molecule has 0 radical (unpaired) electrons. The number of carbonyl (C=O) groups is 1. The molecule has 16 heteroatoms. The Hall–Kier alpha value is -1.54. The molecule has 28 heavy (non-hydrogen) atoms. The molecule has 1 rings (SSSR count). The molecule has 3 nitrogen and oxygen atoms in total. The van der Waals surface area contributed by atoms with Crippen LogP contribution in [0, 0.1) is 0 Å². The SMILES string of the molecule is O=C(Nc1cc(Cl)ccc1Cl)C(F)(OC(F)(F)C(F)(F)C(F)(F)F)C(F)(F)F. The Labute approximate surface area is 157 Å². The number of carbonyl (C=O) groups excluding carboxylic acids is 1. The van der Waals surface area contributed by atoms with Gasteiger partial charge in [-0.3, -0.25) is 9.53 Å². The Morgan fingerprint density at radius 1 is 0.857 bits per heavy atom. The zero-order valence-corrected chi connectivity index (χ0v) is 14.0. The van der Waals surface area contributed by atoms with E-state index in [1.807, 2.05) is 0 Å². The number of nitrogens with one attached hydrogen (secondary N) is 1.